The first kappa shape index (κ1) is 10.9. The molecule has 0 bridgehead atoms. The van der Waals surface area contributed by atoms with Gasteiger partial charge in [-0.1, -0.05) is 11.6 Å². The Morgan fingerprint density at radius 3 is 2.46 bits per heavy atom. The zero-order valence-corrected chi connectivity index (χ0v) is 9.25. The highest BCUT2D eigenvalue weighted by Gasteiger charge is 2.17. The fourth-order valence-electron chi connectivity index (χ4n) is 0.728. The Bertz CT molecular complexity index is 448. The zero-order valence-electron chi connectivity index (χ0n) is 6.09. The number of nitrogens with two attached hydrogens (primary N) is 1. The van der Waals surface area contributed by atoms with Crippen LogP contribution in [0.25, 0.3) is 0 Å². The fourth-order valence-corrected chi connectivity index (χ4v) is 2.56. The van der Waals surface area contributed by atoms with Gasteiger partial charge < -0.3 is 0 Å². The number of hydrogen-bond acceptors (Lipinski definition) is 2. The Hall–Kier alpha value is -0.170. The van der Waals surface area contributed by atoms with Crippen molar-refractivity contribution in [2.24, 2.45) is 5.14 Å². The minimum absolute atomic E-state index is 0.0586. The molecule has 0 saturated carbocycles. The van der Waals surface area contributed by atoms with Crippen LogP contribution in [0.1, 0.15) is 0 Å². The second-order valence-electron chi connectivity index (χ2n) is 2.22. The molecule has 0 aliphatic rings. The highest BCUT2D eigenvalue weighted by molar-refractivity contribution is 9.10. The summed E-state index contributed by atoms with van der Waals surface area (Å²) in [4.78, 5) is -0.237. The summed E-state index contributed by atoms with van der Waals surface area (Å²) in [6.45, 7) is 0. The summed E-state index contributed by atoms with van der Waals surface area (Å²) >= 11 is 8.28. The third-order valence-electron chi connectivity index (χ3n) is 1.31. The minimum Gasteiger partial charge on any atom is -0.225 e. The van der Waals surface area contributed by atoms with Gasteiger partial charge in [0.1, 0.15) is 5.82 Å². The van der Waals surface area contributed by atoms with Gasteiger partial charge in [0.25, 0.3) is 0 Å². The van der Waals surface area contributed by atoms with E-state index in [1.807, 2.05) is 0 Å². The first-order valence-electron chi connectivity index (χ1n) is 3.00. The summed E-state index contributed by atoms with van der Waals surface area (Å²) in [6.07, 6.45) is 0. The van der Waals surface area contributed by atoms with E-state index in [-0.39, 0.29) is 14.4 Å². The molecule has 13 heavy (non-hydrogen) atoms. The first-order valence-corrected chi connectivity index (χ1v) is 5.72. The lowest BCUT2D eigenvalue weighted by Gasteiger charge is -2.03. The molecule has 7 heteroatoms. The van der Waals surface area contributed by atoms with E-state index in [1.54, 1.807) is 0 Å². The topological polar surface area (TPSA) is 60.2 Å². The molecule has 1 rings (SSSR count). The number of sulfonamides is 1. The molecule has 0 aliphatic heterocycles. The lowest BCUT2D eigenvalue weighted by Crippen LogP contribution is -2.13. The van der Waals surface area contributed by atoms with Gasteiger partial charge in [-0.25, -0.2) is 17.9 Å². The van der Waals surface area contributed by atoms with E-state index in [2.05, 4.69) is 15.9 Å². The lowest BCUT2D eigenvalue weighted by atomic mass is 10.3. The van der Waals surface area contributed by atoms with Crippen molar-refractivity contribution >= 4 is 37.6 Å². The third-order valence-corrected chi connectivity index (χ3v) is 3.94. The Kier molecular flexibility index (Phi) is 2.96. The van der Waals surface area contributed by atoms with Crippen LogP contribution in [0.4, 0.5) is 4.39 Å². The van der Waals surface area contributed by atoms with Crippen LogP contribution in [0.3, 0.4) is 0 Å². The molecule has 0 aromatic heterocycles. The molecular weight excluding hydrogens is 284 g/mol. The molecule has 0 heterocycles. The number of halogens is 3. The van der Waals surface area contributed by atoms with E-state index in [1.165, 1.54) is 0 Å². The van der Waals surface area contributed by atoms with Crippen molar-refractivity contribution in [3.8, 4) is 0 Å². The summed E-state index contributed by atoms with van der Waals surface area (Å²) in [5, 5.41) is 4.54. The van der Waals surface area contributed by atoms with Gasteiger partial charge in [-0.15, -0.1) is 0 Å². The summed E-state index contributed by atoms with van der Waals surface area (Å²) in [5.74, 6) is -0.707. The molecular formula is C6H4BrClFNO2S. The van der Waals surface area contributed by atoms with Crippen LogP contribution >= 0.6 is 27.5 Å². The van der Waals surface area contributed by atoms with Crippen LogP contribution < -0.4 is 5.14 Å². The van der Waals surface area contributed by atoms with Crippen LogP contribution in [-0.4, -0.2) is 8.42 Å². The zero-order chi connectivity index (χ0) is 10.2. The molecule has 0 unspecified atom stereocenters. The van der Waals surface area contributed by atoms with E-state index >= 15 is 0 Å². The standard InChI is InChI=1S/C6H4BrClFNO2S/c7-5-4(13(10,11)12)2-1-3(9)6(5)8/h1-2H,(H2,10,11,12). The smallest absolute Gasteiger partial charge is 0.225 e. The SMILES string of the molecule is NS(=O)(=O)c1ccc(F)c(Cl)c1Br. The van der Waals surface area contributed by atoms with Crippen LogP contribution in [0.5, 0.6) is 0 Å². The van der Waals surface area contributed by atoms with Crippen molar-refractivity contribution in [1.29, 1.82) is 0 Å². The molecule has 0 amide bonds. The van der Waals surface area contributed by atoms with E-state index in [0.29, 0.717) is 0 Å². The van der Waals surface area contributed by atoms with Crippen LogP contribution in [-0.2, 0) is 10.0 Å². The molecule has 0 radical (unpaired) electrons. The summed E-state index contributed by atoms with van der Waals surface area (Å²) in [5.41, 5.74) is 0. The van der Waals surface area contributed by atoms with Gasteiger partial charge in [0.2, 0.25) is 10.0 Å². The van der Waals surface area contributed by atoms with Gasteiger partial charge in [-0.2, -0.15) is 0 Å². The van der Waals surface area contributed by atoms with Gasteiger partial charge >= 0.3 is 0 Å². The average Bonchev–Trinajstić information content (AvgIpc) is 1.98. The summed E-state index contributed by atoms with van der Waals surface area (Å²) in [6, 6.07) is 1.98. The third kappa shape index (κ3) is 2.19. The van der Waals surface area contributed by atoms with Crippen molar-refractivity contribution in [3.05, 3.63) is 27.4 Å². The van der Waals surface area contributed by atoms with Crippen LogP contribution in [0.15, 0.2) is 21.5 Å². The van der Waals surface area contributed by atoms with Crippen molar-refractivity contribution < 1.29 is 12.8 Å². The molecule has 1 aromatic rings. The van der Waals surface area contributed by atoms with E-state index < -0.39 is 15.8 Å². The quantitative estimate of drug-likeness (QED) is 0.802. The van der Waals surface area contributed by atoms with Gasteiger partial charge in [0, 0.05) is 0 Å². The second-order valence-corrected chi connectivity index (χ2v) is 4.92. The number of hydrogen-bond donors (Lipinski definition) is 1. The number of rotatable bonds is 1. The molecule has 3 nitrogen and oxygen atoms in total. The van der Waals surface area contributed by atoms with Gasteiger partial charge in [-0.3, -0.25) is 0 Å². The maximum atomic E-state index is 12.8. The first-order chi connectivity index (χ1) is 5.84. The fraction of sp³-hybridized carbons (Fsp3) is 0. The largest absolute Gasteiger partial charge is 0.239 e. The molecule has 0 spiro atoms. The normalized spacial score (nSPS) is 11.7. The number of primary sulfonamides is 1. The lowest BCUT2D eigenvalue weighted by molar-refractivity contribution is 0.595. The Balaban J connectivity index is 3.53. The Morgan fingerprint density at radius 1 is 1.46 bits per heavy atom. The van der Waals surface area contributed by atoms with Gasteiger partial charge in [0.15, 0.2) is 0 Å². The molecule has 0 atom stereocenters. The maximum Gasteiger partial charge on any atom is 0.239 e. The average molecular weight is 289 g/mol. The van der Waals surface area contributed by atoms with Crippen LogP contribution in [0.2, 0.25) is 5.02 Å². The monoisotopic (exact) mass is 287 g/mol. The van der Waals surface area contributed by atoms with Crippen molar-refractivity contribution in [1.82, 2.24) is 0 Å². The highest BCUT2D eigenvalue weighted by atomic mass is 79.9. The summed E-state index contributed by atoms with van der Waals surface area (Å²) < 4.78 is 34.5. The number of benzene rings is 1. The second kappa shape index (κ2) is 3.53. The minimum atomic E-state index is -3.87. The molecule has 0 saturated heterocycles. The van der Waals surface area contributed by atoms with E-state index in [0.717, 1.165) is 12.1 Å². The van der Waals surface area contributed by atoms with E-state index in [4.69, 9.17) is 16.7 Å². The van der Waals surface area contributed by atoms with Crippen molar-refractivity contribution in [2.75, 3.05) is 0 Å². The molecule has 2 N–H and O–H groups in total. The molecule has 72 valence electrons. The van der Waals surface area contributed by atoms with Gasteiger partial charge in [0.05, 0.1) is 14.4 Å². The van der Waals surface area contributed by atoms with E-state index in [9.17, 15) is 12.8 Å². The predicted molar refractivity (Wildman–Crippen MR) is 50.5 cm³/mol. The van der Waals surface area contributed by atoms with Gasteiger partial charge in [-0.05, 0) is 28.1 Å². The Morgan fingerprint density at radius 2 is 2.00 bits per heavy atom. The maximum absolute atomic E-state index is 12.8. The molecule has 0 fully saturated rings. The van der Waals surface area contributed by atoms with Crippen LogP contribution in [0, 0.1) is 5.82 Å². The van der Waals surface area contributed by atoms with Crippen molar-refractivity contribution in [2.45, 2.75) is 4.90 Å². The Labute approximate surface area is 87.9 Å². The molecule has 0 aliphatic carbocycles. The van der Waals surface area contributed by atoms with Crippen molar-refractivity contribution in [3.63, 3.8) is 0 Å². The molecule has 1 aromatic carbocycles. The highest BCUT2D eigenvalue weighted by Crippen LogP contribution is 2.30. The predicted octanol–water partition coefficient (Wildman–Crippen LogP) is 1.89. The summed E-state index contributed by atoms with van der Waals surface area (Å²) in [7, 11) is -3.87.